The van der Waals surface area contributed by atoms with Crippen molar-refractivity contribution in [2.75, 3.05) is 7.11 Å². The van der Waals surface area contributed by atoms with Gasteiger partial charge in [-0.3, -0.25) is 4.99 Å². The van der Waals surface area contributed by atoms with E-state index in [9.17, 15) is 0 Å². The molecule has 128 valence electrons. The van der Waals surface area contributed by atoms with Crippen LogP contribution in [-0.2, 0) is 16.0 Å². The molecule has 0 unspecified atom stereocenters. The van der Waals surface area contributed by atoms with E-state index in [4.69, 9.17) is 9.47 Å². The van der Waals surface area contributed by atoms with Crippen LogP contribution < -0.4 is 0 Å². The van der Waals surface area contributed by atoms with Gasteiger partial charge in [-0.25, -0.2) is 0 Å². The predicted octanol–water partition coefficient (Wildman–Crippen LogP) is 5.16. The molecule has 3 heteroatoms. The molecule has 0 heterocycles. The van der Waals surface area contributed by atoms with E-state index in [-0.39, 0.29) is 6.10 Å². The van der Waals surface area contributed by atoms with Gasteiger partial charge in [0.05, 0.1) is 6.54 Å². The summed E-state index contributed by atoms with van der Waals surface area (Å²) in [5.41, 5.74) is 1.19. The van der Waals surface area contributed by atoms with Gasteiger partial charge in [-0.15, -0.1) is 0 Å². The van der Waals surface area contributed by atoms with Crippen LogP contribution in [0.3, 0.4) is 0 Å². The SMILES string of the molecule is CCCCC/C=C/[C@H](C=NCc1ccccc1)OC(C)(C)OC. The molecule has 0 N–H and O–H groups in total. The first-order valence-corrected chi connectivity index (χ1v) is 8.51. The maximum Gasteiger partial charge on any atom is 0.163 e. The first kappa shape index (κ1) is 19.6. The lowest BCUT2D eigenvalue weighted by Crippen LogP contribution is -2.32. The lowest BCUT2D eigenvalue weighted by atomic mass is 10.2. The van der Waals surface area contributed by atoms with Crippen molar-refractivity contribution >= 4 is 6.21 Å². The molecule has 1 aromatic carbocycles. The molecule has 0 spiro atoms. The third kappa shape index (κ3) is 9.32. The second-order valence-corrected chi connectivity index (χ2v) is 6.09. The fourth-order valence-electron chi connectivity index (χ4n) is 2.08. The lowest BCUT2D eigenvalue weighted by molar-refractivity contribution is -0.200. The zero-order chi connectivity index (χ0) is 17.0. The monoisotopic (exact) mass is 317 g/mol. The van der Waals surface area contributed by atoms with E-state index < -0.39 is 5.79 Å². The summed E-state index contributed by atoms with van der Waals surface area (Å²) in [7, 11) is 1.66. The molecular weight excluding hydrogens is 286 g/mol. The number of methoxy groups -OCH3 is 1. The van der Waals surface area contributed by atoms with Crippen LogP contribution >= 0.6 is 0 Å². The maximum absolute atomic E-state index is 5.97. The number of hydrogen-bond donors (Lipinski definition) is 0. The van der Waals surface area contributed by atoms with Gasteiger partial charge < -0.3 is 9.47 Å². The third-order valence-electron chi connectivity index (χ3n) is 3.58. The second kappa shape index (κ2) is 11.1. The van der Waals surface area contributed by atoms with Gasteiger partial charge in [0, 0.05) is 13.3 Å². The number of aliphatic imine (C=N–C) groups is 1. The minimum atomic E-state index is -0.628. The fraction of sp³-hybridized carbons (Fsp3) is 0.550. The van der Waals surface area contributed by atoms with E-state index >= 15 is 0 Å². The maximum atomic E-state index is 5.97. The van der Waals surface area contributed by atoms with E-state index in [1.54, 1.807) is 7.11 Å². The highest BCUT2D eigenvalue weighted by Gasteiger charge is 2.20. The molecular formula is C20H31NO2. The standard InChI is InChI=1S/C20H31NO2/c1-5-6-7-8-12-15-19(23-20(2,3)22-4)17-21-16-18-13-10-9-11-14-18/h9-15,17,19H,5-8,16H2,1-4H3/b15-12+,21-17?/t19-/m1/s1. The second-order valence-electron chi connectivity index (χ2n) is 6.09. The molecule has 0 saturated carbocycles. The molecule has 0 saturated heterocycles. The summed E-state index contributed by atoms with van der Waals surface area (Å²) in [5.74, 6) is -0.628. The van der Waals surface area contributed by atoms with Gasteiger partial charge in [-0.2, -0.15) is 0 Å². The molecule has 0 aliphatic carbocycles. The van der Waals surface area contributed by atoms with Crippen LogP contribution in [0.1, 0.15) is 52.0 Å². The summed E-state index contributed by atoms with van der Waals surface area (Å²) < 4.78 is 11.3. The van der Waals surface area contributed by atoms with Crippen LogP contribution in [0.15, 0.2) is 47.5 Å². The van der Waals surface area contributed by atoms with Gasteiger partial charge in [-0.1, -0.05) is 62.2 Å². The van der Waals surface area contributed by atoms with E-state index in [2.05, 4.69) is 36.2 Å². The molecule has 0 aliphatic rings. The minimum Gasteiger partial charge on any atom is -0.354 e. The Balaban J connectivity index is 2.59. The fourth-order valence-corrected chi connectivity index (χ4v) is 2.08. The highest BCUT2D eigenvalue weighted by atomic mass is 16.7. The zero-order valence-electron chi connectivity index (χ0n) is 15.0. The van der Waals surface area contributed by atoms with E-state index in [0.29, 0.717) is 6.54 Å². The van der Waals surface area contributed by atoms with Crippen molar-refractivity contribution in [1.82, 2.24) is 0 Å². The van der Waals surface area contributed by atoms with Gasteiger partial charge in [0.1, 0.15) is 6.10 Å². The van der Waals surface area contributed by atoms with E-state index in [0.717, 1.165) is 6.42 Å². The first-order valence-electron chi connectivity index (χ1n) is 8.51. The number of nitrogens with zero attached hydrogens (tertiary/aromatic N) is 1. The van der Waals surface area contributed by atoms with Crippen LogP contribution in [0.5, 0.6) is 0 Å². The molecule has 0 aromatic heterocycles. The van der Waals surface area contributed by atoms with Crippen LogP contribution in [-0.4, -0.2) is 25.2 Å². The van der Waals surface area contributed by atoms with Crippen LogP contribution in [0, 0.1) is 0 Å². The van der Waals surface area contributed by atoms with Crippen LogP contribution in [0.2, 0.25) is 0 Å². The Morgan fingerprint density at radius 1 is 1.17 bits per heavy atom. The topological polar surface area (TPSA) is 30.8 Å². The van der Waals surface area contributed by atoms with Crippen molar-refractivity contribution < 1.29 is 9.47 Å². The molecule has 0 aliphatic heterocycles. The molecule has 0 amide bonds. The Morgan fingerprint density at radius 2 is 1.91 bits per heavy atom. The quantitative estimate of drug-likeness (QED) is 0.244. The van der Waals surface area contributed by atoms with Crippen molar-refractivity contribution in [3.63, 3.8) is 0 Å². The molecule has 1 aromatic rings. The summed E-state index contributed by atoms with van der Waals surface area (Å²) in [6, 6.07) is 10.2. The Labute approximate surface area is 141 Å². The van der Waals surface area contributed by atoms with Gasteiger partial charge in [0.15, 0.2) is 5.79 Å². The van der Waals surface area contributed by atoms with E-state index in [1.807, 2.05) is 38.3 Å². The summed E-state index contributed by atoms with van der Waals surface area (Å²) in [6.45, 7) is 6.71. The van der Waals surface area contributed by atoms with Gasteiger partial charge in [-0.05, 0) is 32.3 Å². The van der Waals surface area contributed by atoms with Crippen molar-refractivity contribution in [3.05, 3.63) is 48.0 Å². The highest BCUT2D eigenvalue weighted by molar-refractivity contribution is 5.65. The molecule has 0 fully saturated rings. The summed E-state index contributed by atoms with van der Waals surface area (Å²) >= 11 is 0. The van der Waals surface area contributed by atoms with Crippen molar-refractivity contribution in [1.29, 1.82) is 0 Å². The summed E-state index contributed by atoms with van der Waals surface area (Å²) in [4.78, 5) is 4.52. The largest absolute Gasteiger partial charge is 0.354 e. The number of hydrogen-bond acceptors (Lipinski definition) is 3. The minimum absolute atomic E-state index is 0.171. The Bertz CT molecular complexity index is 466. The summed E-state index contributed by atoms with van der Waals surface area (Å²) in [6.07, 6.45) is 10.7. The lowest BCUT2D eigenvalue weighted by Gasteiger charge is -2.26. The molecule has 23 heavy (non-hydrogen) atoms. The predicted molar refractivity (Wildman–Crippen MR) is 97.9 cm³/mol. The van der Waals surface area contributed by atoms with Gasteiger partial charge in [0.25, 0.3) is 0 Å². The highest BCUT2D eigenvalue weighted by Crippen LogP contribution is 2.13. The summed E-state index contributed by atoms with van der Waals surface area (Å²) in [5, 5.41) is 0. The molecule has 0 bridgehead atoms. The van der Waals surface area contributed by atoms with E-state index in [1.165, 1.54) is 24.8 Å². The molecule has 0 radical (unpaired) electrons. The molecule has 1 rings (SSSR count). The molecule has 3 nitrogen and oxygen atoms in total. The smallest absolute Gasteiger partial charge is 0.163 e. The first-order chi connectivity index (χ1) is 11.1. The number of rotatable bonds is 11. The Morgan fingerprint density at radius 3 is 2.57 bits per heavy atom. The van der Waals surface area contributed by atoms with Gasteiger partial charge >= 0.3 is 0 Å². The normalized spacial score (nSPS) is 13.9. The zero-order valence-corrected chi connectivity index (χ0v) is 15.0. The average molecular weight is 317 g/mol. The Hall–Kier alpha value is -1.45. The van der Waals surface area contributed by atoms with Crippen molar-refractivity contribution in [3.8, 4) is 0 Å². The van der Waals surface area contributed by atoms with Crippen molar-refractivity contribution in [2.45, 2.75) is 64.9 Å². The molecule has 1 atom stereocenters. The van der Waals surface area contributed by atoms with Crippen LogP contribution in [0.4, 0.5) is 0 Å². The number of unbranched alkanes of at least 4 members (excludes halogenated alkanes) is 3. The number of allylic oxidation sites excluding steroid dienone is 1. The van der Waals surface area contributed by atoms with Crippen molar-refractivity contribution in [2.24, 2.45) is 4.99 Å². The third-order valence-corrected chi connectivity index (χ3v) is 3.58. The van der Waals surface area contributed by atoms with Crippen LogP contribution in [0.25, 0.3) is 0 Å². The number of benzene rings is 1. The Kier molecular flexibility index (Phi) is 9.49. The average Bonchev–Trinajstić information content (AvgIpc) is 2.55. The number of ether oxygens (including phenoxy) is 2. The van der Waals surface area contributed by atoms with Gasteiger partial charge in [0.2, 0.25) is 0 Å².